The van der Waals surface area contributed by atoms with E-state index in [2.05, 4.69) is 31.4 Å². The van der Waals surface area contributed by atoms with Crippen LogP contribution >= 0.6 is 27.5 Å². The van der Waals surface area contributed by atoms with Gasteiger partial charge in [0.15, 0.2) is 11.5 Å². The summed E-state index contributed by atoms with van der Waals surface area (Å²) in [7, 11) is 0. The van der Waals surface area contributed by atoms with Crippen molar-refractivity contribution >= 4 is 39.3 Å². The monoisotopic (exact) mass is 503 g/mol. The van der Waals surface area contributed by atoms with Crippen LogP contribution in [0, 0.1) is 13.8 Å². The zero-order valence-corrected chi connectivity index (χ0v) is 18.4. The number of carbonyl (C=O) groups is 1. The molecule has 0 saturated carbocycles. The van der Waals surface area contributed by atoms with Crippen molar-refractivity contribution in [3.8, 4) is 0 Å². The maximum Gasteiger partial charge on any atom is 0.436 e. The number of halogens is 5. The number of nitrogens with one attached hydrogen (secondary N) is 1. The maximum atomic E-state index is 12.9. The van der Waals surface area contributed by atoms with Crippen molar-refractivity contribution in [3.63, 3.8) is 0 Å². The summed E-state index contributed by atoms with van der Waals surface area (Å²) in [6, 6.07) is 9.11. The maximum absolute atomic E-state index is 12.9. The molecule has 1 amide bonds. The molecular weight excluding hydrogens is 487 g/mol. The quantitative estimate of drug-likeness (QED) is 0.501. The van der Waals surface area contributed by atoms with Gasteiger partial charge in [-0.2, -0.15) is 23.4 Å². The second-order valence-corrected chi connectivity index (χ2v) is 7.89. The van der Waals surface area contributed by atoms with Crippen LogP contribution in [0.25, 0.3) is 0 Å². The molecule has 3 rings (SSSR count). The molecule has 2 aromatic heterocycles. The Bertz CT molecular complexity index is 1080. The number of rotatable bonds is 6. The number of aromatic nitrogens is 4. The van der Waals surface area contributed by atoms with Gasteiger partial charge >= 0.3 is 6.18 Å². The molecule has 0 radical (unpaired) electrons. The molecule has 0 aliphatic rings. The van der Waals surface area contributed by atoms with Gasteiger partial charge in [0.1, 0.15) is 0 Å². The third-order valence-electron chi connectivity index (χ3n) is 4.48. The second kappa shape index (κ2) is 8.81. The Morgan fingerprint density at radius 3 is 2.53 bits per heavy atom. The van der Waals surface area contributed by atoms with Crippen molar-refractivity contribution in [3.05, 3.63) is 62.5 Å². The smallest absolute Gasteiger partial charge is 0.309 e. The third kappa shape index (κ3) is 5.04. The van der Waals surface area contributed by atoms with Gasteiger partial charge in [-0.25, -0.2) is 0 Å². The van der Waals surface area contributed by atoms with Crippen LogP contribution in [0.3, 0.4) is 0 Å². The van der Waals surface area contributed by atoms with Gasteiger partial charge in [0.2, 0.25) is 5.91 Å². The first-order valence-corrected chi connectivity index (χ1v) is 10.1. The van der Waals surface area contributed by atoms with Gasteiger partial charge in [0.25, 0.3) is 0 Å². The Balaban J connectivity index is 1.63. The minimum absolute atomic E-state index is 0.00562. The summed E-state index contributed by atoms with van der Waals surface area (Å²) in [5, 5.41) is 11.2. The summed E-state index contributed by atoms with van der Waals surface area (Å²) >= 11 is 9.09. The van der Waals surface area contributed by atoms with Gasteiger partial charge in [-0.1, -0.05) is 29.8 Å². The average molecular weight is 505 g/mol. The van der Waals surface area contributed by atoms with Crippen molar-refractivity contribution in [2.75, 3.05) is 5.32 Å². The third-order valence-corrected chi connectivity index (χ3v) is 5.80. The van der Waals surface area contributed by atoms with Crippen molar-refractivity contribution in [2.24, 2.45) is 0 Å². The van der Waals surface area contributed by atoms with Crippen LogP contribution in [0.15, 0.2) is 34.8 Å². The molecule has 1 aromatic carbocycles. The van der Waals surface area contributed by atoms with Crippen LogP contribution in [0.1, 0.15) is 29.1 Å². The van der Waals surface area contributed by atoms with E-state index in [-0.39, 0.29) is 23.3 Å². The summed E-state index contributed by atoms with van der Waals surface area (Å²) in [5.41, 5.74) is 1.01. The molecule has 160 valence electrons. The molecule has 0 bridgehead atoms. The first-order valence-electron chi connectivity index (χ1n) is 8.94. The first-order chi connectivity index (χ1) is 14.1. The summed E-state index contributed by atoms with van der Waals surface area (Å²) in [4.78, 5) is 12.3. The van der Waals surface area contributed by atoms with Gasteiger partial charge in [0.05, 0.1) is 23.3 Å². The summed E-state index contributed by atoms with van der Waals surface area (Å²) < 4.78 is 41.6. The number of carbonyl (C=O) groups excluding carboxylic acids is 1. The number of amides is 1. The van der Waals surface area contributed by atoms with Gasteiger partial charge in [-0.05, 0) is 41.4 Å². The first kappa shape index (κ1) is 22.4. The van der Waals surface area contributed by atoms with E-state index in [1.807, 2.05) is 25.1 Å². The molecule has 0 saturated heterocycles. The predicted octanol–water partition coefficient (Wildman–Crippen LogP) is 5.21. The van der Waals surface area contributed by atoms with E-state index in [9.17, 15) is 18.0 Å². The van der Waals surface area contributed by atoms with Crippen LogP contribution in [-0.4, -0.2) is 25.5 Å². The van der Waals surface area contributed by atoms with Gasteiger partial charge in [-0.15, -0.1) is 0 Å². The zero-order valence-electron chi connectivity index (χ0n) is 16.1. The van der Waals surface area contributed by atoms with Crippen LogP contribution < -0.4 is 5.32 Å². The number of hydrogen-bond acceptors (Lipinski definition) is 3. The van der Waals surface area contributed by atoms with Gasteiger partial charge < -0.3 is 5.32 Å². The highest BCUT2D eigenvalue weighted by molar-refractivity contribution is 9.10. The molecule has 0 spiro atoms. The molecule has 1 N–H and O–H groups in total. The number of anilines is 1. The van der Waals surface area contributed by atoms with Crippen LogP contribution in [0.5, 0.6) is 0 Å². The highest BCUT2D eigenvalue weighted by Crippen LogP contribution is 2.35. The van der Waals surface area contributed by atoms with E-state index in [1.54, 1.807) is 16.8 Å². The van der Waals surface area contributed by atoms with E-state index >= 15 is 0 Å². The van der Waals surface area contributed by atoms with Gasteiger partial charge in [0, 0.05) is 23.2 Å². The minimum atomic E-state index is -4.57. The van der Waals surface area contributed by atoms with E-state index in [4.69, 9.17) is 11.6 Å². The van der Waals surface area contributed by atoms with Crippen LogP contribution in [0.2, 0.25) is 5.02 Å². The lowest BCUT2D eigenvalue weighted by molar-refractivity contribution is -0.142. The van der Waals surface area contributed by atoms with Gasteiger partial charge in [-0.3, -0.25) is 14.2 Å². The fourth-order valence-corrected chi connectivity index (χ4v) is 3.56. The lowest BCUT2D eigenvalue weighted by atomic mass is 10.2. The van der Waals surface area contributed by atoms with E-state index in [0.29, 0.717) is 23.1 Å². The van der Waals surface area contributed by atoms with Crippen LogP contribution in [0.4, 0.5) is 19.0 Å². The average Bonchev–Trinajstić information content (AvgIpc) is 3.15. The number of benzene rings is 1. The van der Waals surface area contributed by atoms with Crippen molar-refractivity contribution in [1.29, 1.82) is 0 Å². The Labute approximate surface area is 184 Å². The molecule has 2 heterocycles. The summed E-state index contributed by atoms with van der Waals surface area (Å²) in [5.74, 6) is -0.0177. The minimum Gasteiger partial charge on any atom is -0.309 e. The number of hydrogen-bond donors (Lipinski definition) is 1. The molecule has 0 fully saturated rings. The zero-order chi connectivity index (χ0) is 22.1. The largest absolute Gasteiger partial charge is 0.436 e. The Morgan fingerprint density at radius 1 is 1.20 bits per heavy atom. The number of nitrogens with zero attached hydrogens (tertiary/aromatic N) is 4. The van der Waals surface area contributed by atoms with E-state index < -0.39 is 11.9 Å². The molecular formula is C19H18BrClF3N5O. The van der Waals surface area contributed by atoms with Crippen molar-refractivity contribution in [1.82, 2.24) is 19.6 Å². The summed E-state index contributed by atoms with van der Waals surface area (Å²) in [6.07, 6.45) is -4.62. The Kier molecular flexibility index (Phi) is 6.56. The van der Waals surface area contributed by atoms with Crippen molar-refractivity contribution < 1.29 is 18.0 Å². The normalized spacial score (nSPS) is 11.7. The SMILES string of the molecule is Cc1cc(NC(=O)CCn2nc(C(F)(F)F)c(Br)c2C)nn1Cc1ccccc1Cl. The Morgan fingerprint density at radius 2 is 1.90 bits per heavy atom. The van der Waals surface area contributed by atoms with E-state index in [1.165, 1.54) is 6.92 Å². The molecule has 0 unspecified atom stereocenters. The summed E-state index contributed by atoms with van der Waals surface area (Å²) in [6.45, 7) is 3.81. The molecule has 11 heteroatoms. The molecule has 30 heavy (non-hydrogen) atoms. The highest BCUT2D eigenvalue weighted by atomic mass is 79.9. The lowest BCUT2D eigenvalue weighted by Crippen LogP contribution is -2.16. The van der Waals surface area contributed by atoms with Crippen molar-refractivity contribution in [2.45, 2.75) is 39.5 Å². The molecule has 6 nitrogen and oxygen atoms in total. The Hall–Kier alpha value is -2.33. The molecule has 0 aliphatic carbocycles. The number of aryl methyl sites for hydroxylation is 2. The fourth-order valence-electron chi connectivity index (χ4n) is 2.86. The number of alkyl halides is 3. The standard InChI is InChI=1S/C19H18BrClF3N5O/c1-11-9-15(26-29(11)10-13-5-3-4-6-14(13)21)25-16(30)7-8-28-12(2)17(20)18(27-28)19(22,23)24/h3-6,9H,7-8,10H2,1-2H3,(H,25,26,30). The molecule has 0 atom stereocenters. The highest BCUT2D eigenvalue weighted by Gasteiger charge is 2.37. The molecule has 3 aromatic rings. The fraction of sp³-hybridized carbons (Fsp3) is 0.316. The van der Waals surface area contributed by atoms with E-state index in [0.717, 1.165) is 15.9 Å². The topological polar surface area (TPSA) is 64.7 Å². The molecule has 0 aliphatic heterocycles. The predicted molar refractivity (Wildman–Crippen MR) is 110 cm³/mol. The van der Waals surface area contributed by atoms with Crippen LogP contribution in [-0.2, 0) is 24.1 Å². The second-order valence-electron chi connectivity index (χ2n) is 6.69. The lowest BCUT2D eigenvalue weighted by Gasteiger charge is -2.06.